The van der Waals surface area contributed by atoms with Crippen molar-refractivity contribution in [3.8, 4) is 12.1 Å². The third-order valence-corrected chi connectivity index (χ3v) is 11.6. The predicted molar refractivity (Wildman–Crippen MR) is 254 cm³/mol. The zero-order valence-electron chi connectivity index (χ0n) is 38.3. The minimum atomic E-state index is -3.65. The van der Waals surface area contributed by atoms with Crippen molar-refractivity contribution in [2.45, 2.75) is 25.6 Å². The summed E-state index contributed by atoms with van der Waals surface area (Å²) in [5.41, 5.74) is 2.76. The summed E-state index contributed by atoms with van der Waals surface area (Å²) in [5.74, 6) is -1.57. The second-order valence-electron chi connectivity index (χ2n) is 16.0. The van der Waals surface area contributed by atoms with E-state index < -0.39 is 40.2 Å². The van der Waals surface area contributed by atoms with Gasteiger partial charge in [-0.15, -0.1) is 0 Å². The second kappa shape index (κ2) is 23.8. The fraction of sp³-hybridized carbons (Fsp3) is 0.312. The Morgan fingerprint density at radius 1 is 0.700 bits per heavy atom. The first kappa shape index (κ1) is 51.4. The molecule has 0 bridgehead atoms. The number of cyclic esters (lactones) is 2. The van der Waals surface area contributed by atoms with Crippen LogP contribution in [0.5, 0.6) is 0 Å². The van der Waals surface area contributed by atoms with Crippen LogP contribution in [0.2, 0.25) is 0 Å². The van der Waals surface area contributed by atoms with E-state index in [-0.39, 0.29) is 59.1 Å². The molecular weight excluding hydrogens is 925 g/mol. The molecule has 21 nitrogen and oxygen atoms in total. The summed E-state index contributed by atoms with van der Waals surface area (Å²) in [7, 11) is -3.65. The molecular formula is C48H50N10O11S. The van der Waals surface area contributed by atoms with Crippen LogP contribution in [0.25, 0.3) is 0 Å². The van der Waals surface area contributed by atoms with Gasteiger partial charge in [0.25, 0.3) is 21.9 Å². The van der Waals surface area contributed by atoms with Gasteiger partial charge in [-0.2, -0.15) is 18.9 Å². The Hall–Kier alpha value is -8.02. The van der Waals surface area contributed by atoms with E-state index in [1.807, 2.05) is 12.1 Å². The van der Waals surface area contributed by atoms with Crippen LogP contribution in [0.3, 0.4) is 0 Å². The first-order chi connectivity index (χ1) is 33.5. The summed E-state index contributed by atoms with van der Waals surface area (Å²) in [5, 5.41) is 39.6. The smallest absolute Gasteiger partial charge is 0.414 e. The lowest BCUT2D eigenvalue weighted by atomic mass is 10.1. The molecule has 0 radical (unpaired) electrons. The number of anilines is 2. The van der Waals surface area contributed by atoms with Gasteiger partial charge in [-0.05, 0) is 79.7 Å². The van der Waals surface area contributed by atoms with Gasteiger partial charge in [-0.3, -0.25) is 44.1 Å². The SMILES string of the molecule is CCOC(=O)CCN1CCN(CC2CN(c3ccc(C(=N)NC(=O)c4ccccc4C#N)cc3)C(=O)O2)CC1.CS(=O)(=O)OCC1CN(c2ccc(C(=N)NC(=O)c3ccccc3C#N)cc2)C(=O)O1. The molecule has 3 aliphatic heterocycles. The number of rotatable bonds is 15. The Bertz CT molecular complexity index is 2800. The van der Waals surface area contributed by atoms with E-state index in [1.54, 1.807) is 90.7 Å². The maximum absolute atomic E-state index is 12.6. The highest BCUT2D eigenvalue weighted by Crippen LogP contribution is 2.25. The van der Waals surface area contributed by atoms with Gasteiger partial charge in [0.15, 0.2) is 0 Å². The Balaban J connectivity index is 0.000000236. The molecule has 0 aliphatic carbocycles. The lowest BCUT2D eigenvalue weighted by Gasteiger charge is -2.35. The van der Waals surface area contributed by atoms with Crippen LogP contribution in [0.4, 0.5) is 21.0 Å². The minimum absolute atomic E-state index is 0.104. The van der Waals surface area contributed by atoms with Gasteiger partial charge in [-0.25, -0.2) is 9.59 Å². The van der Waals surface area contributed by atoms with Crippen molar-refractivity contribution in [3.63, 3.8) is 0 Å². The van der Waals surface area contributed by atoms with E-state index in [2.05, 4.69) is 24.6 Å². The minimum Gasteiger partial charge on any atom is -0.466 e. The molecule has 3 heterocycles. The van der Waals surface area contributed by atoms with Crippen LogP contribution in [0, 0.1) is 33.5 Å². The van der Waals surface area contributed by atoms with Crippen LogP contribution in [-0.4, -0.2) is 144 Å². The van der Waals surface area contributed by atoms with Crippen molar-refractivity contribution in [3.05, 3.63) is 130 Å². The number of benzene rings is 4. The van der Waals surface area contributed by atoms with E-state index in [0.29, 0.717) is 55.2 Å². The van der Waals surface area contributed by atoms with Crippen molar-refractivity contribution < 1.29 is 50.8 Å². The summed E-state index contributed by atoms with van der Waals surface area (Å²) in [6.07, 6.45) is -0.764. The first-order valence-electron chi connectivity index (χ1n) is 22.0. The number of piperazine rings is 1. The van der Waals surface area contributed by atoms with Gasteiger partial charge in [0.2, 0.25) is 0 Å². The number of hydrogen-bond donors (Lipinski definition) is 4. The molecule has 364 valence electrons. The maximum Gasteiger partial charge on any atom is 0.414 e. The molecule has 0 spiro atoms. The maximum atomic E-state index is 12.6. The molecule has 3 aliphatic rings. The number of carbonyl (C=O) groups excluding carboxylic acids is 5. The van der Waals surface area contributed by atoms with E-state index in [9.17, 15) is 37.7 Å². The highest BCUT2D eigenvalue weighted by Gasteiger charge is 2.35. The zero-order valence-corrected chi connectivity index (χ0v) is 39.1. The summed E-state index contributed by atoms with van der Waals surface area (Å²) in [4.78, 5) is 68.5. The van der Waals surface area contributed by atoms with Crippen LogP contribution in [-0.2, 0) is 33.3 Å². The van der Waals surface area contributed by atoms with E-state index in [4.69, 9.17) is 30.3 Å². The van der Waals surface area contributed by atoms with E-state index in [0.717, 1.165) is 32.4 Å². The number of nitrogens with zero attached hydrogens (tertiary/aromatic N) is 6. The summed E-state index contributed by atoms with van der Waals surface area (Å²) in [6.45, 7) is 7.11. The van der Waals surface area contributed by atoms with Crippen molar-refractivity contribution in [1.29, 1.82) is 21.3 Å². The number of carbonyl (C=O) groups is 5. The molecule has 4 N–H and O–H groups in total. The van der Waals surface area contributed by atoms with Gasteiger partial charge in [-0.1, -0.05) is 24.3 Å². The Morgan fingerprint density at radius 2 is 1.14 bits per heavy atom. The van der Waals surface area contributed by atoms with Crippen molar-refractivity contribution in [2.24, 2.45) is 0 Å². The zero-order chi connectivity index (χ0) is 50.4. The van der Waals surface area contributed by atoms with Crippen molar-refractivity contribution in [2.75, 3.05) is 81.6 Å². The van der Waals surface area contributed by atoms with E-state index >= 15 is 0 Å². The summed E-state index contributed by atoms with van der Waals surface area (Å²) < 4.78 is 42.5. The Kier molecular flexibility index (Phi) is 17.5. The van der Waals surface area contributed by atoms with Gasteiger partial charge >= 0.3 is 18.2 Å². The Labute approximate surface area is 404 Å². The average molecular weight is 975 g/mol. The molecule has 2 atom stereocenters. The standard InChI is InChI=1S/C28H32N6O5.C20H18N4O6S/c1-2-38-25(35)11-12-32-13-15-33(16-14-32)18-23-19-34(28(37)39-23)22-9-7-20(8-10-22)26(30)31-27(36)24-6-4-3-5-21(24)17-29;1-31(27,28)29-12-16-11-24(20(26)30-16)15-8-6-13(7-9-15)18(22)23-19(25)17-5-3-2-4-14(17)10-21/h3-10,23H,2,11-16,18-19H2,1H3,(H2,30,31,36);2-9,16H,11-12H2,1H3,(H2,22,23,25). The van der Waals surface area contributed by atoms with Gasteiger partial charge < -0.3 is 29.7 Å². The number of nitrogens with one attached hydrogen (secondary N) is 4. The number of amidine groups is 2. The topological polar surface area (TPSA) is 289 Å². The number of hydrogen-bond acceptors (Lipinski definition) is 17. The van der Waals surface area contributed by atoms with Crippen molar-refractivity contribution in [1.82, 2.24) is 20.4 Å². The number of amides is 4. The Morgan fingerprint density at radius 3 is 1.60 bits per heavy atom. The predicted octanol–water partition coefficient (Wildman–Crippen LogP) is 3.82. The highest BCUT2D eigenvalue weighted by molar-refractivity contribution is 7.86. The van der Waals surface area contributed by atoms with Crippen molar-refractivity contribution >= 4 is 63.1 Å². The van der Waals surface area contributed by atoms with Gasteiger partial charge in [0, 0.05) is 61.8 Å². The molecule has 7 rings (SSSR count). The third-order valence-electron chi connectivity index (χ3n) is 11.1. The molecule has 0 saturated carbocycles. The summed E-state index contributed by atoms with van der Waals surface area (Å²) in [6, 6.07) is 29.5. The normalized spacial score (nSPS) is 16.9. The molecule has 0 aromatic heterocycles. The molecule has 70 heavy (non-hydrogen) atoms. The quantitative estimate of drug-likeness (QED) is 0.0433. The molecule has 22 heteroatoms. The average Bonchev–Trinajstić information content (AvgIpc) is 3.93. The number of ether oxygens (including phenoxy) is 3. The van der Waals surface area contributed by atoms with Crippen LogP contribution < -0.4 is 20.4 Å². The molecule has 3 saturated heterocycles. The first-order valence-corrected chi connectivity index (χ1v) is 23.8. The molecule has 4 aromatic rings. The van der Waals surface area contributed by atoms with Gasteiger partial charge in [0.05, 0.1) is 66.8 Å². The lowest BCUT2D eigenvalue weighted by Crippen LogP contribution is -2.49. The largest absolute Gasteiger partial charge is 0.466 e. The van der Waals surface area contributed by atoms with Crippen LogP contribution in [0.1, 0.15) is 56.3 Å². The van der Waals surface area contributed by atoms with Gasteiger partial charge in [0.1, 0.15) is 30.5 Å². The molecule has 2 unspecified atom stereocenters. The molecule has 3 fully saturated rings. The van der Waals surface area contributed by atoms with E-state index in [1.165, 1.54) is 23.1 Å². The number of nitriles is 2. The lowest BCUT2D eigenvalue weighted by molar-refractivity contribution is -0.143. The molecule has 4 amide bonds. The third kappa shape index (κ3) is 14.0. The highest BCUT2D eigenvalue weighted by atomic mass is 32.2. The monoisotopic (exact) mass is 974 g/mol. The van der Waals surface area contributed by atoms with Crippen LogP contribution >= 0.6 is 0 Å². The second-order valence-corrected chi connectivity index (χ2v) is 17.6. The fourth-order valence-corrected chi connectivity index (χ4v) is 7.89. The fourth-order valence-electron chi connectivity index (χ4n) is 7.49. The van der Waals surface area contributed by atoms with Crippen LogP contribution in [0.15, 0.2) is 97.1 Å². The summed E-state index contributed by atoms with van der Waals surface area (Å²) >= 11 is 0. The molecule has 4 aromatic carbocycles. The number of esters is 1.